The summed E-state index contributed by atoms with van der Waals surface area (Å²) < 4.78 is 0. The van der Waals surface area contributed by atoms with Crippen molar-refractivity contribution in [2.24, 2.45) is 0 Å². The number of aryl methyl sites for hydroxylation is 1. The van der Waals surface area contributed by atoms with E-state index in [1.807, 2.05) is 18.2 Å². The van der Waals surface area contributed by atoms with E-state index < -0.39 is 0 Å². The number of nitrogens with zero attached hydrogens (tertiary/aromatic N) is 2. The van der Waals surface area contributed by atoms with Gasteiger partial charge in [-0.1, -0.05) is 24.3 Å². The molecule has 1 aliphatic carbocycles. The van der Waals surface area contributed by atoms with Crippen LogP contribution in [0.15, 0.2) is 24.3 Å². The fraction of sp³-hybridized carbons (Fsp3) is 0.444. The fourth-order valence-corrected chi connectivity index (χ4v) is 3.89. The standard InChI is InChI=1S/C18H21N3O2/c22-11-16-13-6-2-1-5-12(13)9-10-21(16)18(23)17-14-7-3-4-8-15(14)19-20-17/h1-2,5-6,16,22H,3-4,7-11H2,(H,19,20)/t16-/m1/s1. The normalized spacial score (nSPS) is 20.0. The summed E-state index contributed by atoms with van der Waals surface area (Å²) in [5, 5.41) is 17.2. The number of nitrogens with one attached hydrogen (secondary N) is 1. The molecule has 1 aliphatic heterocycles. The van der Waals surface area contributed by atoms with Gasteiger partial charge in [0.05, 0.1) is 12.6 Å². The van der Waals surface area contributed by atoms with E-state index in [0.717, 1.165) is 48.9 Å². The van der Waals surface area contributed by atoms with Crippen LogP contribution in [0.1, 0.15) is 51.8 Å². The molecule has 5 heteroatoms. The number of aliphatic hydroxyl groups is 1. The molecule has 1 amide bonds. The van der Waals surface area contributed by atoms with Crippen LogP contribution < -0.4 is 0 Å². The first-order chi connectivity index (χ1) is 11.3. The molecule has 0 unspecified atom stereocenters. The van der Waals surface area contributed by atoms with Gasteiger partial charge in [-0.15, -0.1) is 0 Å². The van der Waals surface area contributed by atoms with E-state index in [2.05, 4.69) is 16.3 Å². The Hall–Kier alpha value is -2.14. The van der Waals surface area contributed by atoms with Crippen molar-refractivity contribution in [2.75, 3.05) is 13.2 Å². The Morgan fingerprint density at radius 2 is 2.09 bits per heavy atom. The molecule has 0 saturated carbocycles. The third-order valence-electron chi connectivity index (χ3n) is 5.11. The zero-order chi connectivity index (χ0) is 15.8. The quantitative estimate of drug-likeness (QED) is 0.891. The SMILES string of the molecule is O=C(c1n[nH]c2c1CCCC2)N1CCc2ccccc2[C@H]1CO. The first-order valence-corrected chi connectivity index (χ1v) is 8.35. The van der Waals surface area contributed by atoms with Crippen LogP contribution in [0.2, 0.25) is 0 Å². The van der Waals surface area contributed by atoms with E-state index in [9.17, 15) is 9.90 Å². The van der Waals surface area contributed by atoms with E-state index in [-0.39, 0.29) is 18.6 Å². The number of benzene rings is 1. The summed E-state index contributed by atoms with van der Waals surface area (Å²) in [6, 6.07) is 7.79. The number of H-pyrrole nitrogens is 1. The van der Waals surface area contributed by atoms with Crippen LogP contribution in [0.3, 0.4) is 0 Å². The van der Waals surface area contributed by atoms with Crippen molar-refractivity contribution in [1.29, 1.82) is 0 Å². The van der Waals surface area contributed by atoms with Crippen molar-refractivity contribution in [1.82, 2.24) is 15.1 Å². The molecule has 2 heterocycles. The lowest BCUT2D eigenvalue weighted by Gasteiger charge is -2.36. The molecule has 2 aromatic rings. The number of fused-ring (bicyclic) bond motifs is 2. The van der Waals surface area contributed by atoms with Crippen LogP contribution in [-0.2, 0) is 19.3 Å². The van der Waals surface area contributed by atoms with Gasteiger partial charge >= 0.3 is 0 Å². The van der Waals surface area contributed by atoms with Crippen molar-refractivity contribution >= 4 is 5.91 Å². The monoisotopic (exact) mass is 311 g/mol. The molecule has 120 valence electrons. The molecule has 1 aromatic carbocycles. The van der Waals surface area contributed by atoms with Crippen LogP contribution in [0.25, 0.3) is 0 Å². The van der Waals surface area contributed by atoms with Crippen LogP contribution in [0.4, 0.5) is 0 Å². The molecule has 4 rings (SSSR count). The van der Waals surface area contributed by atoms with Crippen molar-refractivity contribution in [3.8, 4) is 0 Å². The van der Waals surface area contributed by atoms with Crippen LogP contribution in [0.5, 0.6) is 0 Å². The lowest BCUT2D eigenvalue weighted by molar-refractivity contribution is 0.0561. The van der Waals surface area contributed by atoms with Gasteiger partial charge in [0.2, 0.25) is 0 Å². The maximum atomic E-state index is 13.0. The maximum Gasteiger partial charge on any atom is 0.275 e. The Kier molecular flexibility index (Phi) is 3.65. The molecule has 0 saturated heterocycles. The molecular weight excluding hydrogens is 290 g/mol. The number of hydrogen-bond donors (Lipinski definition) is 2. The van der Waals surface area contributed by atoms with Crippen molar-refractivity contribution in [3.05, 3.63) is 52.3 Å². The Morgan fingerprint density at radius 1 is 1.26 bits per heavy atom. The van der Waals surface area contributed by atoms with Crippen molar-refractivity contribution in [3.63, 3.8) is 0 Å². The van der Waals surface area contributed by atoms with Gasteiger partial charge in [-0.3, -0.25) is 9.89 Å². The van der Waals surface area contributed by atoms with Gasteiger partial charge in [0.25, 0.3) is 5.91 Å². The summed E-state index contributed by atoms with van der Waals surface area (Å²) >= 11 is 0. The Balaban J connectivity index is 1.68. The number of hydrogen-bond acceptors (Lipinski definition) is 3. The molecule has 0 radical (unpaired) electrons. The summed E-state index contributed by atoms with van der Waals surface area (Å²) in [6.07, 6.45) is 4.98. The molecule has 0 spiro atoms. The number of rotatable bonds is 2. The number of carbonyl (C=O) groups is 1. The van der Waals surface area contributed by atoms with Gasteiger partial charge in [0, 0.05) is 17.8 Å². The highest BCUT2D eigenvalue weighted by atomic mass is 16.3. The van der Waals surface area contributed by atoms with Gasteiger partial charge in [-0.2, -0.15) is 5.10 Å². The third kappa shape index (κ3) is 2.36. The molecule has 0 bridgehead atoms. The smallest absolute Gasteiger partial charge is 0.275 e. The zero-order valence-electron chi connectivity index (χ0n) is 13.1. The van der Waals surface area contributed by atoms with E-state index in [1.165, 1.54) is 5.56 Å². The Labute approximate surface area is 135 Å². The first kappa shape index (κ1) is 14.5. The highest BCUT2D eigenvalue weighted by molar-refractivity contribution is 5.94. The summed E-state index contributed by atoms with van der Waals surface area (Å²) in [5.41, 5.74) is 5.02. The van der Waals surface area contributed by atoms with Gasteiger partial charge in [0.15, 0.2) is 5.69 Å². The van der Waals surface area contributed by atoms with Crippen LogP contribution in [0, 0.1) is 0 Å². The highest BCUT2D eigenvalue weighted by Gasteiger charge is 2.33. The largest absolute Gasteiger partial charge is 0.394 e. The summed E-state index contributed by atoms with van der Waals surface area (Å²) in [6.45, 7) is 0.568. The zero-order valence-corrected chi connectivity index (χ0v) is 13.1. The minimum atomic E-state index is -0.275. The number of aliphatic hydroxyl groups excluding tert-OH is 1. The predicted molar refractivity (Wildman–Crippen MR) is 86.2 cm³/mol. The Morgan fingerprint density at radius 3 is 2.96 bits per heavy atom. The fourth-order valence-electron chi connectivity index (χ4n) is 3.89. The second-order valence-corrected chi connectivity index (χ2v) is 6.38. The van der Waals surface area contributed by atoms with Crippen LogP contribution in [-0.4, -0.2) is 39.3 Å². The highest BCUT2D eigenvalue weighted by Crippen LogP contribution is 2.32. The molecule has 2 N–H and O–H groups in total. The molecule has 1 aromatic heterocycles. The van der Waals surface area contributed by atoms with E-state index in [1.54, 1.807) is 4.90 Å². The van der Waals surface area contributed by atoms with Gasteiger partial charge in [-0.05, 0) is 43.2 Å². The number of amides is 1. The molecule has 1 atom stereocenters. The molecule has 23 heavy (non-hydrogen) atoms. The van der Waals surface area contributed by atoms with Gasteiger partial charge in [-0.25, -0.2) is 0 Å². The maximum absolute atomic E-state index is 13.0. The van der Waals surface area contributed by atoms with E-state index in [4.69, 9.17) is 0 Å². The van der Waals surface area contributed by atoms with Gasteiger partial charge < -0.3 is 10.0 Å². The number of aromatic amines is 1. The Bertz CT molecular complexity index is 738. The number of aromatic nitrogens is 2. The third-order valence-corrected chi connectivity index (χ3v) is 5.11. The van der Waals surface area contributed by atoms with E-state index in [0.29, 0.717) is 12.2 Å². The topological polar surface area (TPSA) is 69.2 Å². The van der Waals surface area contributed by atoms with Gasteiger partial charge in [0.1, 0.15) is 0 Å². The molecule has 2 aliphatic rings. The summed E-state index contributed by atoms with van der Waals surface area (Å²) in [4.78, 5) is 14.8. The lowest BCUT2D eigenvalue weighted by Crippen LogP contribution is -2.42. The van der Waals surface area contributed by atoms with Crippen molar-refractivity contribution in [2.45, 2.75) is 38.1 Å². The molecule has 5 nitrogen and oxygen atoms in total. The van der Waals surface area contributed by atoms with Crippen LogP contribution >= 0.6 is 0 Å². The van der Waals surface area contributed by atoms with E-state index >= 15 is 0 Å². The minimum absolute atomic E-state index is 0.0575. The average Bonchev–Trinajstić information content (AvgIpc) is 3.04. The number of carbonyl (C=O) groups excluding carboxylic acids is 1. The second-order valence-electron chi connectivity index (χ2n) is 6.38. The first-order valence-electron chi connectivity index (χ1n) is 8.35. The minimum Gasteiger partial charge on any atom is -0.394 e. The summed E-state index contributed by atoms with van der Waals surface area (Å²) in [7, 11) is 0. The van der Waals surface area contributed by atoms with Crippen molar-refractivity contribution < 1.29 is 9.90 Å². The predicted octanol–water partition coefficient (Wildman–Crippen LogP) is 2.02. The average molecular weight is 311 g/mol. The lowest BCUT2D eigenvalue weighted by atomic mass is 9.91. The molecular formula is C18H21N3O2. The molecule has 0 fully saturated rings. The second kappa shape index (κ2) is 5.81. The summed E-state index contributed by atoms with van der Waals surface area (Å²) in [5.74, 6) is -0.0575.